The van der Waals surface area contributed by atoms with E-state index in [9.17, 15) is 0 Å². The molecule has 10 heavy (non-hydrogen) atoms. The molecule has 1 saturated heterocycles. The van der Waals surface area contributed by atoms with Crippen LogP contribution in [0, 0.1) is 5.92 Å². The average Bonchev–Trinajstić information content (AvgIpc) is 2.12. The molecule has 1 N–H and O–H groups in total. The number of nitrogens with one attached hydrogen (secondary N) is 1. The minimum Gasteiger partial charge on any atom is -0.314 e. The molecule has 1 fully saturated rings. The van der Waals surface area contributed by atoms with Crippen molar-refractivity contribution in [3.63, 3.8) is 0 Å². The molecule has 1 unspecified atom stereocenters. The highest BCUT2D eigenvalue weighted by Gasteiger charge is 2.13. The number of hydrogen-bond donors (Lipinski definition) is 1. The van der Waals surface area contributed by atoms with Gasteiger partial charge in [0.15, 0.2) is 0 Å². The largest absolute Gasteiger partial charge is 0.314 e. The second kappa shape index (κ2) is 3.97. The Morgan fingerprint density at radius 2 is 2.10 bits per heavy atom. The average molecular weight is 143 g/mol. The lowest BCUT2D eigenvalue weighted by atomic mass is 10.00. The van der Waals surface area contributed by atoms with E-state index in [0.29, 0.717) is 0 Å². The summed E-state index contributed by atoms with van der Waals surface area (Å²) in [5.41, 5.74) is 0. The topological polar surface area (TPSA) is 12.0 Å². The van der Waals surface area contributed by atoms with Crippen LogP contribution in [0.1, 0.15) is 41.0 Å². The van der Waals surface area contributed by atoms with Crippen molar-refractivity contribution in [2.24, 2.45) is 5.92 Å². The van der Waals surface area contributed by atoms with Gasteiger partial charge >= 0.3 is 0 Å². The maximum Gasteiger partial charge on any atom is 0.00900 e. The molecule has 0 amide bonds. The predicted octanol–water partition coefficient (Wildman–Crippen LogP) is 2.42. The fourth-order valence-corrected chi connectivity index (χ4v) is 1.62. The molecule has 1 aliphatic rings. The first kappa shape index (κ1) is 8.06. The van der Waals surface area contributed by atoms with E-state index in [-0.39, 0.29) is 1.43 Å². The third kappa shape index (κ3) is 2.30. The van der Waals surface area contributed by atoms with Crippen molar-refractivity contribution < 1.29 is 1.43 Å². The van der Waals surface area contributed by atoms with Crippen molar-refractivity contribution in [1.82, 2.24) is 5.32 Å². The molecule has 1 nitrogen and oxygen atoms in total. The minimum atomic E-state index is 0. The van der Waals surface area contributed by atoms with E-state index in [0.717, 1.165) is 12.0 Å². The monoisotopic (exact) mass is 143 g/mol. The molecule has 1 rings (SSSR count). The van der Waals surface area contributed by atoms with Crippen molar-refractivity contribution in [3.05, 3.63) is 0 Å². The van der Waals surface area contributed by atoms with Gasteiger partial charge in [0.25, 0.3) is 0 Å². The molecule has 1 aliphatic heterocycles. The molecule has 62 valence electrons. The molecule has 1 heteroatoms. The highest BCUT2D eigenvalue weighted by molar-refractivity contribution is 4.72. The van der Waals surface area contributed by atoms with Crippen LogP contribution >= 0.6 is 0 Å². The van der Waals surface area contributed by atoms with Crippen molar-refractivity contribution in [2.75, 3.05) is 6.54 Å². The lowest BCUT2D eigenvalue weighted by molar-refractivity contribution is 0.395. The highest BCUT2D eigenvalue weighted by atomic mass is 14.9. The SMILES string of the molecule is CC(C)C1CCCCCN1.[HH]. The van der Waals surface area contributed by atoms with Crippen LogP contribution in [0.3, 0.4) is 0 Å². The Morgan fingerprint density at radius 3 is 2.80 bits per heavy atom. The van der Waals surface area contributed by atoms with E-state index in [2.05, 4.69) is 19.2 Å². The molecule has 0 spiro atoms. The van der Waals surface area contributed by atoms with Gasteiger partial charge in [0.1, 0.15) is 0 Å². The fraction of sp³-hybridized carbons (Fsp3) is 1.00. The van der Waals surface area contributed by atoms with E-state index in [1.54, 1.807) is 0 Å². The third-order valence-electron chi connectivity index (χ3n) is 2.40. The third-order valence-corrected chi connectivity index (χ3v) is 2.40. The van der Waals surface area contributed by atoms with Crippen LogP contribution in [0.15, 0.2) is 0 Å². The van der Waals surface area contributed by atoms with Crippen LogP contribution in [0.25, 0.3) is 0 Å². The summed E-state index contributed by atoms with van der Waals surface area (Å²) in [6.45, 7) is 5.86. The van der Waals surface area contributed by atoms with Gasteiger partial charge in [-0.3, -0.25) is 0 Å². The second-order valence-electron chi connectivity index (χ2n) is 3.65. The van der Waals surface area contributed by atoms with Gasteiger partial charge in [-0.2, -0.15) is 0 Å². The Morgan fingerprint density at radius 1 is 1.30 bits per heavy atom. The minimum absolute atomic E-state index is 0. The van der Waals surface area contributed by atoms with Crippen molar-refractivity contribution in [1.29, 1.82) is 0 Å². The van der Waals surface area contributed by atoms with Gasteiger partial charge in [-0.15, -0.1) is 0 Å². The van der Waals surface area contributed by atoms with Crippen LogP contribution < -0.4 is 5.32 Å². The van der Waals surface area contributed by atoms with Gasteiger partial charge in [-0.25, -0.2) is 0 Å². The first-order chi connectivity index (χ1) is 4.80. The molecule has 0 aromatic carbocycles. The van der Waals surface area contributed by atoms with Crippen LogP contribution in [0.5, 0.6) is 0 Å². The van der Waals surface area contributed by atoms with E-state index < -0.39 is 0 Å². The Bertz CT molecular complexity index is 85.6. The van der Waals surface area contributed by atoms with Crippen molar-refractivity contribution in [3.8, 4) is 0 Å². The summed E-state index contributed by atoms with van der Waals surface area (Å²) in [5.74, 6) is 0.818. The number of rotatable bonds is 1. The Balaban J connectivity index is 0.000001000. The summed E-state index contributed by atoms with van der Waals surface area (Å²) in [7, 11) is 0. The maximum absolute atomic E-state index is 3.58. The molecular weight excluding hydrogens is 122 g/mol. The van der Waals surface area contributed by atoms with Gasteiger partial charge < -0.3 is 5.32 Å². The molecule has 0 saturated carbocycles. The summed E-state index contributed by atoms with van der Waals surface area (Å²) in [4.78, 5) is 0. The van der Waals surface area contributed by atoms with Crippen LogP contribution in [-0.2, 0) is 0 Å². The lowest BCUT2D eigenvalue weighted by Gasteiger charge is -2.19. The lowest BCUT2D eigenvalue weighted by Crippen LogP contribution is -2.32. The molecule has 0 aromatic heterocycles. The van der Waals surface area contributed by atoms with Crippen molar-refractivity contribution >= 4 is 0 Å². The van der Waals surface area contributed by atoms with E-state index >= 15 is 0 Å². The van der Waals surface area contributed by atoms with Crippen LogP contribution in [0.4, 0.5) is 0 Å². The zero-order valence-corrected chi connectivity index (χ0v) is 7.19. The van der Waals surface area contributed by atoms with Crippen LogP contribution in [-0.4, -0.2) is 12.6 Å². The molecule has 0 bridgehead atoms. The fourth-order valence-electron chi connectivity index (χ4n) is 1.62. The summed E-state index contributed by atoms with van der Waals surface area (Å²) >= 11 is 0. The smallest absolute Gasteiger partial charge is 0.00900 e. The first-order valence-corrected chi connectivity index (χ1v) is 4.54. The van der Waals surface area contributed by atoms with Gasteiger partial charge in [0, 0.05) is 7.47 Å². The molecule has 0 aromatic rings. The normalized spacial score (nSPS) is 28.5. The van der Waals surface area contributed by atoms with E-state index in [1.165, 1.54) is 32.2 Å². The first-order valence-electron chi connectivity index (χ1n) is 4.54. The maximum atomic E-state index is 3.58. The van der Waals surface area contributed by atoms with E-state index in [4.69, 9.17) is 0 Å². The zero-order valence-electron chi connectivity index (χ0n) is 7.19. The van der Waals surface area contributed by atoms with E-state index in [1.807, 2.05) is 0 Å². The van der Waals surface area contributed by atoms with Gasteiger partial charge in [0.2, 0.25) is 0 Å². The zero-order chi connectivity index (χ0) is 7.40. The van der Waals surface area contributed by atoms with Gasteiger partial charge in [-0.05, 0) is 25.3 Å². The molecule has 0 aliphatic carbocycles. The van der Waals surface area contributed by atoms with Gasteiger partial charge in [0.05, 0.1) is 0 Å². The van der Waals surface area contributed by atoms with Crippen molar-refractivity contribution in [2.45, 2.75) is 45.6 Å². The standard InChI is InChI=1S/C9H19N.H2/c1-8(2)9-6-4-3-5-7-10-9;/h8-10H,3-7H2,1-2H3;1H. The summed E-state index contributed by atoms with van der Waals surface area (Å²) in [5, 5.41) is 3.58. The molecule has 1 atom stereocenters. The molecular formula is C9H21N. The number of hydrogen-bond acceptors (Lipinski definition) is 1. The Labute approximate surface area is 65.7 Å². The van der Waals surface area contributed by atoms with Crippen LogP contribution in [0.2, 0.25) is 0 Å². The molecule has 0 radical (unpaired) electrons. The summed E-state index contributed by atoms with van der Waals surface area (Å²) < 4.78 is 0. The Kier molecular flexibility index (Phi) is 3.20. The quantitative estimate of drug-likeness (QED) is 0.594. The second-order valence-corrected chi connectivity index (χ2v) is 3.65. The highest BCUT2D eigenvalue weighted by Crippen LogP contribution is 2.14. The predicted molar refractivity (Wildman–Crippen MR) is 47.2 cm³/mol. The summed E-state index contributed by atoms with van der Waals surface area (Å²) in [6, 6.07) is 0.794. The summed E-state index contributed by atoms with van der Waals surface area (Å²) in [6.07, 6.45) is 5.62. The van der Waals surface area contributed by atoms with Gasteiger partial charge in [-0.1, -0.05) is 26.7 Å². The molecule has 1 heterocycles. The Hall–Kier alpha value is -0.0400.